The Bertz CT molecular complexity index is 1020. The minimum atomic E-state index is -0.486. The van der Waals surface area contributed by atoms with Crippen molar-refractivity contribution in [2.75, 3.05) is 13.2 Å². The number of hydrogen-bond acceptors (Lipinski definition) is 6. The zero-order valence-corrected chi connectivity index (χ0v) is 19.9. The zero-order valence-electron chi connectivity index (χ0n) is 15.9. The highest BCUT2D eigenvalue weighted by Gasteiger charge is 2.35. The van der Waals surface area contributed by atoms with Gasteiger partial charge in [-0.25, -0.2) is 4.79 Å². The Labute approximate surface area is 194 Å². The lowest BCUT2D eigenvalue weighted by Crippen LogP contribution is -2.27. The van der Waals surface area contributed by atoms with Crippen molar-refractivity contribution in [3.05, 3.63) is 67.4 Å². The molecular formula is C21H17Br2NO5S. The average molecular weight is 555 g/mol. The van der Waals surface area contributed by atoms with Gasteiger partial charge in [0.05, 0.1) is 18.1 Å². The Hall–Kier alpha value is -2.10. The van der Waals surface area contributed by atoms with E-state index < -0.39 is 5.97 Å². The van der Waals surface area contributed by atoms with Gasteiger partial charge in [0.2, 0.25) is 0 Å². The minimum Gasteiger partial charge on any atom is -0.481 e. The largest absolute Gasteiger partial charge is 0.481 e. The van der Waals surface area contributed by atoms with Crippen molar-refractivity contribution in [2.45, 2.75) is 13.5 Å². The molecule has 2 amide bonds. The number of hydrogen-bond donors (Lipinski definition) is 0. The molecule has 0 unspecified atom stereocenters. The predicted octanol–water partition coefficient (Wildman–Crippen LogP) is 5.39. The summed E-state index contributed by atoms with van der Waals surface area (Å²) in [6.45, 7) is 1.90. The van der Waals surface area contributed by atoms with Crippen molar-refractivity contribution in [3.8, 4) is 5.75 Å². The molecule has 2 aromatic rings. The van der Waals surface area contributed by atoms with Crippen LogP contribution in [0.4, 0.5) is 4.79 Å². The summed E-state index contributed by atoms with van der Waals surface area (Å²) in [6, 6.07) is 12.6. The number of imide groups is 1. The lowest BCUT2D eigenvalue weighted by atomic mass is 10.1. The van der Waals surface area contributed by atoms with Crippen LogP contribution in [0.2, 0.25) is 0 Å². The molecule has 0 aliphatic carbocycles. The molecule has 0 N–H and O–H groups in total. The SMILES string of the molecule is CCOC(=O)COc1ccc(Br)cc1/C=C1\SC(=O)N(Cc2ccccc2Br)C1=O. The number of amides is 2. The van der Waals surface area contributed by atoms with Crippen LogP contribution >= 0.6 is 43.6 Å². The molecule has 0 atom stereocenters. The van der Waals surface area contributed by atoms with E-state index in [0.29, 0.717) is 11.3 Å². The van der Waals surface area contributed by atoms with E-state index in [1.807, 2.05) is 24.3 Å². The third-order valence-electron chi connectivity index (χ3n) is 4.07. The van der Waals surface area contributed by atoms with Crippen molar-refractivity contribution in [3.63, 3.8) is 0 Å². The second-order valence-electron chi connectivity index (χ2n) is 6.14. The number of nitrogens with zero attached hydrogens (tertiary/aromatic N) is 1. The van der Waals surface area contributed by atoms with E-state index in [1.54, 1.807) is 31.2 Å². The van der Waals surface area contributed by atoms with Crippen LogP contribution in [-0.4, -0.2) is 35.2 Å². The van der Waals surface area contributed by atoms with E-state index in [-0.39, 0.29) is 35.8 Å². The lowest BCUT2D eigenvalue weighted by molar-refractivity contribution is -0.145. The highest BCUT2D eigenvalue weighted by molar-refractivity contribution is 9.10. The Morgan fingerprint density at radius 2 is 1.93 bits per heavy atom. The first kappa shape index (κ1) is 22.6. The lowest BCUT2D eigenvalue weighted by Gasteiger charge is -2.13. The van der Waals surface area contributed by atoms with E-state index in [9.17, 15) is 14.4 Å². The van der Waals surface area contributed by atoms with Gasteiger partial charge in [0, 0.05) is 14.5 Å². The molecule has 3 rings (SSSR count). The number of thioether (sulfide) groups is 1. The molecule has 1 heterocycles. The van der Waals surface area contributed by atoms with E-state index in [4.69, 9.17) is 9.47 Å². The standard InChI is InChI=1S/C21H17Br2NO5S/c1-2-28-19(25)12-29-17-8-7-15(22)9-14(17)10-18-20(26)24(21(27)30-18)11-13-5-3-4-6-16(13)23/h3-10H,2,11-12H2,1H3/b18-10-. The molecule has 6 nitrogen and oxygen atoms in total. The Morgan fingerprint density at radius 3 is 2.67 bits per heavy atom. The normalized spacial score (nSPS) is 15.0. The summed E-state index contributed by atoms with van der Waals surface area (Å²) in [5, 5.41) is -0.342. The third kappa shape index (κ3) is 5.53. The fourth-order valence-electron chi connectivity index (χ4n) is 2.68. The molecule has 2 aromatic carbocycles. The van der Waals surface area contributed by atoms with Crippen LogP contribution in [0, 0.1) is 0 Å². The zero-order chi connectivity index (χ0) is 21.7. The molecule has 0 radical (unpaired) electrons. The Balaban J connectivity index is 1.82. The van der Waals surface area contributed by atoms with E-state index >= 15 is 0 Å². The second-order valence-corrected chi connectivity index (χ2v) is 8.90. The molecule has 1 aliphatic heterocycles. The smallest absolute Gasteiger partial charge is 0.344 e. The average Bonchev–Trinajstić information content (AvgIpc) is 2.96. The number of benzene rings is 2. The molecule has 1 fully saturated rings. The Kier molecular flexibility index (Phi) is 7.74. The van der Waals surface area contributed by atoms with Crippen LogP contribution in [0.3, 0.4) is 0 Å². The van der Waals surface area contributed by atoms with Crippen LogP contribution in [0.1, 0.15) is 18.1 Å². The summed E-state index contributed by atoms with van der Waals surface area (Å²) in [6.07, 6.45) is 1.59. The van der Waals surface area contributed by atoms with Crippen molar-refractivity contribution in [2.24, 2.45) is 0 Å². The number of esters is 1. The molecule has 1 saturated heterocycles. The summed E-state index contributed by atoms with van der Waals surface area (Å²) < 4.78 is 12.0. The minimum absolute atomic E-state index is 0.175. The predicted molar refractivity (Wildman–Crippen MR) is 122 cm³/mol. The summed E-state index contributed by atoms with van der Waals surface area (Å²) in [7, 11) is 0. The van der Waals surface area contributed by atoms with Crippen molar-refractivity contribution in [1.82, 2.24) is 4.90 Å². The second kappa shape index (κ2) is 10.3. The van der Waals surface area contributed by atoms with Gasteiger partial charge in [0.15, 0.2) is 6.61 Å². The maximum atomic E-state index is 12.9. The molecule has 156 valence electrons. The number of carbonyl (C=O) groups excluding carboxylic acids is 3. The Morgan fingerprint density at radius 1 is 1.17 bits per heavy atom. The topological polar surface area (TPSA) is 72.9 Å². The first-order valence-corrected chi connectivity index (χ1v) is 11.4. The first-order valence-electron chi connectivity index (χ1n) is 8.95. The fraction of sp³-hybridized carbons (Fsp3) is 0.190. The fourth-order valence-corrected chi connectivity index (χ4v) is 4.30. The number of ether oxygens (including phenoxy) is 2. The van der Waals surface area contributed by atoms with Crippen LogP contribution < -0.4 is 4.74 Å². The van der Waals surface area contributed by atoms with Gasteiger partial charge in [-0.3, -0.25) is 14.5 Å². The van der Waals surface area contributed by atoms with Crippen LogP contribution in [0.5, 0.6) is 5.75 Å². The van der Waals surface area contributed by atoms with E-state index in [2.05, 4.69) is 31.9 Å². The molecule has 9 heteroatoms. The third-order valence-corrected chi connectivity index (χ3v) is 6.24. The summed E-state index contributed by atoms with van der Waals surface area (Å²) >= 11 is 7.70. The van der Waals surface area contributed by atoms with Gasteiger partial charge in [0.1, 0.15) is 5.75 Å². The number of halogens is 2. The first-order chi connectivity index (χ1) is 14.4. The van der Waals surface area contributed by atoms with Crippen molar-refractivity contribution >= 4 is 66.8 Å². The molecule has 0 aromatic heterocycles. The van der Waals surface area contributed by atoms with Crippen molar-refractivity contribution < 1.29 is 23.9 Å². The van der Waals surface area contributed by atoms with Crippen LogP contribution in [0.25, 0.3) is 6.08 Å². The molecule has 0 bridgehead atoms. The van der Waals surface area contributed by atoms with Crippen LogP contribution in [0.15, 0.2) is 56.3 Å². The molecule has 0 spiro atoms. The summed E-state index contributed by atoms with van der Waals surface area (Å²) in [5.41, 5.74) is 1.40. The van der Waals surface area contributed by atoms with Gasteiger partial charge in [0.25, 0.3) is 11.1 Å². The molecular weight excluding hydrogens is 538 g/mol. The van der Waals surface area contributed by atoms with Gasteiger partial charge in [-0.15, -0.1) is 0 Å². The highest BCUT2D eigenvalue weighted by atomic mass is 79.9. The summed E-state index contributed by atoms with van der Waals surface area (Å²) in [5.74, 6) is -0.457. The van der Waals surface area contributed by atoms with E-state index in [0.717, 1.165) is 26.3 Å². The molecule has 1 aliphatic rings. The number of rotatable bonds is 7. The van der Waals surface area contributed by atoms with Gasteiger partial charge in [-0.05, 0) is 54.6 Å². The number of carbonyl (C=O) groups is 3. The maximum Gasteiger partial charge on any atom is 0.344 e. The highest BCUT2D eigenvalue weighted by Crippen LogP contribution is 2.36. The quantitative estimate of drug-likeness (QED) is 0.337. The monoisotopic (exact) mass is 553 g/mol. The van der Waals surface area contributed by atoms with Gasteiger partial charge in [-0.1, -0.05) is 50.1 Å². The van der Waals surface area contributed by atoms with Gasteiger partial charge >= 0.3 is 5.97 Å². The van der Waals surface area contributed by atoms with Gasteiger partial charge in [-0.2, -0.15) is 0 Å². The van der Waals surface area contributed by atoms with Crippen molar-refractivity contribution in [1.29, 1.82) is 0 Å². The summed E-state index contributed by atoms with van der Waals surface area (Å²) in [4.78, 5) is 38.4. The van der Waals surface area contributed by atoms with Gasteiger partial charge < -0.3 is 9.47 Å². The maximum absolute atomic E-state index is 12.9. The molecule has 30 heavy (non-hydrogen) atoms. The van der Waals surface area contributed by atoms with E-state index in [1.165, 1.54) is 4.90 Å². The van der Waals surface area contributed by atoms with Crippen LogP contribution in [-0.2, 0) is 20.9 Å². The molecule has 0 saturated carbocycles.